The fourth-order valence-electron chi connectivity index (χ4n) is 2.91. The Morgan fingerprint density at radius 3 is 2.50 bits per heavy atom. The van der Waals surface area contributed by atoms with Crippen LogP contribution in [0.1, 0.15) is 5.69 Å². The van der Waals surface area contributed by atoms with Gasteiger partial charge in [0, 0.05) is 11.1 Å². The maximum absolute atomic E-state index is 10.1. The van der Waals surface area contributed by atoms with Gasteiger partial charge >= 0.3 is 0 Å². The first-order valence-electron chi connectivity index (χ1n) is 7.31. The number of fused-ring (bicyclic) bond motifs is 2. The summed E-state index contributed by atoms with van der Waals surface area (Å²) in [5, 5.41) is 13.5. The maximum atomic E-state index is 10.1. The van der Waals surface area contributed by atoms with E-state index in [1.165, 1.54) is 10.8 Å². The Kier molecular flexibility index (Phi) is 2.83. The summed E-state index contributed by atoms with van der Waals surface area (Å²) in [6.45, 7) is 1.93. The Balaban J connectivity index is 2.01. The van der Waals surface area contributed by atoms with Crippen LogP contribution in [0.2, 0.25) is 0 Å². The topological polar surface area (TPSA) is 33.1 Å². The first-order chi connectivity index (χ1) is 10.7. The molecule has 0 fully saturated rings. The highest BCUT2D eigenvalue weighted by molar-refractivity contribution is 5.99. The van der Waals surface area contributed by atoms with E-state index in [4.69, 9.17) is 0 Å². The highest BCUT2D eigenvalue weighted by Gasteiger charge is 2.09. The number of nitrogens with zero attached hydrogens (tertiary/aromatic N) is 1. The number of pyridine rings is 1. The molecule has 4 aromatic rings. The fourth-order valence-corrected chi connectivity index (χ4v) is 2.91. The minimum absolute atomic E-state index is 0.225. The van der Waals surface area contributed by atoms with E-state index in [0.717, 1.165) is 22.2 Å². The summed E-state index contributed by atoms with van der Waals surface area (Å²) < 4.78 is 0. The molecule has 3 aromatic carbocycles. The van der Waals surface area contributed by atoms with Crippen molar-refractivity contribution in [2.45, 2.75) is 6.92 Å². The van der Waals surface area contributed by atoms with Gasteiger partial charge in [0.15, 0.2) is 0 Å². The molecule has 106 valence electrons. The van der Waals surface area contributed by atoms with Gasteiger partial charge < -0.3 is 5.11 Å². The first kappa shape index (κ1) is 12.8. The lowest BCUT2D eigenvalue weighted by Gasteiger charge is -2.09. The minimum atomic E-state index is 0.225. The largest absolute Gasteiger partial charge is 0.506 e. The molecule has 0 saturated carbocycles. The van der Waals surface area contributed by atoms with Crippen molar-refractivity contribution in [2.24, 2.45) is 0 Å². The molecule has 0 spiro atoms. The summed E-state index contributed by atoms with van der Waals surface area (Å²) in [4.78, 5) is 4.47. The normalized spacial score (nSPS) is 11.1. The van der Waals surface area contributed by atoms with E-state index < -0.39 is 0 Å². The summed E-state index contributed by atoms with van der Waals surface area (Å²) in [6.07, 6.45) is 0. The number of aromatic nitrogens is 1. The molecule has 0 amide bonds. The predicted octanol–water partition coefficient (Wildman–Crippen LogP) is 5.07. The molecular formula is C20H15NO. The van der Waals surface area contributed by atoms with Gasteiger partial charge in [0.1, 0.15) is 11.3 Å². The predicted molar refractivity (Wildman–Crippen MR) is 91.1 cm³/mol. The third-order valence-electron chi connectivity index (χ3n) is 4.04. The summed E-state index contributed by atoms with van der Waals surface area (Å²) in [5.74, 6) is 0.225. The van der Waals surface area contributed by atoms with E-state index in [1.807, 2.05) is 37.3 Å². The summed E-state index contributed by atoms with van der Waals surface area (Å²) in [7, 11) is 0. The number of rotatable bonds is 1. The van der Waals surface area contributed by atoms with Crippen LogP contribution in [0, 0.1) is 6.92 Å². The summed E-state index contributed by atoms with van der Waals surface area (Å²) >= 11 is 0. The van der Waals surface area contributed by atoms with E-state index in [0.29, 0.717) is 5.52 Å². The molecule has 4 rings (SSSR count). The van der Waals surface area contributed by atoms with E-state index >= 15 is 0 Å². The Morgan fingerprint density at radius 1 is 0.818 bits per heavy atom. The van der Waals surface area contributed by atoms with Crippen molar-refractivity contribution in [1.82, 2.24) is 4.98 Å². The molecule has 22 heavy (non-hydrogen) atoms. The average Bonchev–Trinajstić information content (AvgIpc) is 2.55. The van der Waals surface area contributed by atoms with E-state index in [1.54, 1.807) is 6.07 Å². The lowest BCUT2D eigenvalue weighted by Crippen LogP contribution is -1.87. The molecule has 0 unspecified atom stereocenters. The molecule has 1 heterocycles. The third-order valence-corrected chi connectivity index (χ3v) is 4.04. The lowest BCUT2D eigenvalue weighted by atomic mass is 9.97. The van der Waals surface area contributed by atoms with Crippen LogP contribution in [0.15, 0.2) is 66.7 Å². The number of aromatic hydroxyl groups is 1. The van der Waals surface area contributed by atoms with E-state index in [2.05, 4.69) is 35.3 Å². The number of aryl methyl sites for hydroxylation is 1. The SMILES string of the molecule is Cc1ccc2c(-c3ccc4ccccc4c3)ccc(O)c2n1. The molecule has 0 saturated heterocycles. The Morgan fingerprint density at radius 2 is 1.64 bits per heavy atom. The van der Waals surface area contributed by atoms with Crippen molar-refractivity contribution in [3.63, 3.8) is 0 Å². The molecule has 1 N–H and O–H groups in total. The lowest BCUT2D eigenvalue weighted by molar-refractivity contribution is 0.480. The van der Waals surface area contributed by atoms with E-state index in [9.17, 15) is 5.11 Å². The van der Waals surface area contributed by atoms with Gasteiger partial charge in [0.25, 0.3) is 0 Å². The molecule has 0 bridgehead atoms. The molecule has 2 nitrogen and oxygen atoms in total. The quantitative estimate of drug-likeness (QED) is 0.529. The smallest absolute Gasteiger partial charge is 0.141 e. The van der Waals surface area contributed by atoms with Crippen LogP contribution in [-0.4, -0.2) is 10.1 Å². The molecule has 0 radical (unpaired) electrons. The van der Waals surface area contributed by atoms with Gasteiger partial charge in [0.05, 0.1) is 0 Å². The van der Waals surface area contributed by atoms with Gasteiger partial charge in [-0.1, -0.05) is 42.5 Å². The third kappa shape index (κ3) is 2.01. The summed E-state index contributed by atoms with van der Waals surface area (Å²) in [6, 6.07) is 22.4. The zero-order chi connectivity index (χ0) is 15.1. The Labute approximate surface area is 128 Å². The zero-order valence-electron chi connectivity index (χ0n) is 12.2. The van der Waals surface area contributed by atoms with E-state index in [-0.39, 0.29) is 5.75 Å². The maximum Gasteiger partial charge on any atom is 0.141 e. The molecule has 0 aliphatic heterocycles. The highest BCUT2D eigenvalue weighted by Crippen LogP contribution is 2.34. The van der Waals surface area contributed by atoms with Crippen LogP contribution in [0.5, 0.6) is 5.75 Å². The van der Waals surface area contributed by atoms with Crippen LogP contribution in [0.25, 0.3) is 32.8 Å². The van der Waals surface area contributed by atoms with Gasteiger partial charge in [-0.05, 0) is 53.1 Å². The second-order valence-corrected chi connectivity index (χ2v) is 5.54. The number of hydrogen-bond acceptors (Lipinski definition) is 2. The van der Waals surface area contributed by atoms with Crippen molar-refractivity contribution >= 4 is 21.7 Å². The zero-order valence-corrected chi connectivity index (χ0v) is 12.2. The first-order valence-corrected chi connectivity index (χ1v) is 7.31. The van der Waals surface area contributed by atoms with Crippen molar-refractivity contribution in [3.8, 4) is 16.9 Å². The van der Waals surface area contributed by atoms with Crippen LogP contribution in [0.3, 0.4) is 0 Å². The van der Waals surface area contributed by atoms with Gasteiger partial charge in [-0.2, -0.15) is 0 Å². The molecule has 0 aliphatic carbocycles. The molecule has 0 aliphatic rings. The minimum Gasteiger partial charge on any atom is -0.506 e. The van der Waals surface area contributed by atoms with Crippen molar-refractivity contribution in [3.05, 3.63) is 72.4 Å². The van der Waals surface area contributed by atoms with Crippen molar-refractivity contribution < 1.29 is 5.11 Å². The van der Waals surface area contributed by atoms with Crippen molar-refractivity contribution in [2.75, 3.05) is 0 Å². The van der Waals surface area contributed by atoms with Crippen LogP contribution in [-0.2, 0) is 0 Å². The van der Waals surface area contributed by atoms with Gasteiger partial charge in [-0.15, -0.1) is 0 Å². The van der Waals surface area contributed by atoms with Crippen molar-refractivity contribution in [1.29, 1.82) is 0 Å². The van der Waals surface area contributed by atoms with Crippen LogP contribution >= 0.6 is 0 Å². The van der Waals surface area contributed by atoms with Crippen LogP contribution < -0.4 is 0 Å². The number of hydrogen-bond donors (Lipinski definition) is 1. The van der Waals surface area contributed by atoms with Gasteiger partial charge in [-0.25, -0.2) is 4.98 Å². The Hall–Kier alpha value is -2.87. The van der Waals surface area contributed by atoms with Gasteiger partial charge in [0.2, 0.25) is 0 Å². The van der Waals surface area contributed by atoms with Crippen LogP contribution in [0.4, 0.5) is 0 Å². The number of phenols is 1. The second-order valence-electron chi connectivity index (χ2n) is 5.54. The molecule has 2 heteroatoms. The monoisotopic (exact) mass is 285 g/mol. The molecule has 1 aromatic heterocycles. The number of phenolic OH excluding ortho intramolecular Hbond substituents is 1. The number of benzene rings is 3. The second kappa shape index (κ2) is 4.85. The summed E-state index contributed by atoms with van der Waals surface area (Å²) in [5.41, 5.74) is 3.78. The highest BCUT2D eigenvalue weighted by atomic mass is 16.3. The van der Waals surface area contributed by atoms with Gasteiger partial charge in [-0.3, -0.25) is 0 Å². The Bertz CT molecular complexity index is 1000. The standard InChI is InChI=1S/C20H15NO/c1-13-6-9-18-17(10-11-19(22)20(18)21-13)16-8-7-14-4-2-3-5-15(14)12-16/h2-12,22H,1H3. The molecule has 0 atom stereocenters. The fraction of sp³-hybridized carbons (Fsp3) is 0.0500. The molecular weight excluding hydrogens is 270 g/mol. The average molecular weight is 285 g/mol.